The number of halogens is 1. The van der Waals surface area contributed by atoms with Crippen molar-refractivity contribution in [3.05, 3.63) is 34.4 Å². The molecule has 0 bridgehead atoms. The van der Waals surface area contributed by atoms with Crippen LogP contribution >= 0.6 is 15.9 Å². The summed E-state index contributed by atoms with van der Waals surface area (Å²) in [5.74, 6) is 1.66. The van der Waals surface area contributed by atoms with E-state index in [1.165, 1.54) is 0 Å². The molecule has 1 aliphatic heterocycles. The van der Waals surface area contributed by atoms with Gasteiger partial charge in [0.05, 0.1) is 10.2 Å². The Bertz CT molecular complexity index is 607. The summed E-state index contributed by atoms with van der Waals surface area (Å²) in [6.45, 7) is 4.90. The zero-order chi connectivity index (χ0) is 15.5. The predicted octanol–water partition coefficient (Wildman–Crippen LogP) is 2.64. The number of hydrogen-bond acceptors (Lipinski definition) is 6. The van der Waals surface area contributed by atoms with Gasteiger partial charge in [-0.15, -0.1) is 0 Å². The summed E-state index contributed by atoms with van der Waals surface area (Å²) in [5.41, 5.74) is 1.01. The second-order valence-corrected chi connectivity index (χ2v) is 6.66. The highest BCUT2D eigenvalue weighted by molar-refractivity contribution is 9.10. The molecule has 1 saturated heterocycles. The Morgan fingerprint density at radius 3 is 2.59 bits per heavy atom. The van der Waals surface area contributed by atoms with Gasteiger partial charge >= 0.3 is 0 Å². The smallest absolute Gasteiger partial charge is 0.225 e. The Morgan fingerprint density at radius 1 is 1.32 bits per heavy atom. The molecule has 0 aromatic carbocycles. The minimum Gasteiger partial charge on any atom is -0.361 e. The summed E-state index contributed by atoms with van der Waals surface area (Å²) in [7, 11) is 2.07. The van der Waals surface area contributed by atoms with Crippen LogP contribution in [0.3, 0.4) is 0 Å². The Kier molecular flexibility index (Phi) is 4.73. The van der Waals surface area contributed by atoms with E-state index in [0.29, 0.717) is 6.04 Å². The topological polar surface area (TPSA) is 58.3 Å². The van der Waals surface area contributed by atoms with Crippen LogP contribution in [0.1, 0.15) is 24.3 Å². The molecule has 1 aliphatic rings. The molecule has 0 spiro atoms. The number of piperidine rings is 1. The van der Waals surface area contributed by atoms with Gasteiger partial charge in [0.2, 0.25) is 5.95 Å². The number of nitrogens with zero attached hydrogens (tertiary/aromatic N) is 5. The summed E-state index contributed by atoms with van der Waals surface area (Å²) in [4.78, 5) is 13.4. The molecule has 2 aromatic heterocycles. The molecule has 2 aromatic rings. The number of likely N-dealkylation sites (tertiary alicyclic amines) is 1. The third-order valence-corrected chi connectivity index (χ3v) is 4.50. The molecule has 0 saturated carbocycles. The van der Waals surface area contributed by atoms with E-state index in [-0.39, 0.29) is 0 Å². The number of anilines is 1. The summed E-state index contributed by atoms with van der Waals surface area (Å²) >= 11 is 3.37. The van der Waals surface area contributed by atoms with Crippen LogP contribution in [0.2, 0.25) is 0 Å². The molecule has 3 rings (SSSR count). The van der Waals surface area contributed by atoms with Gasteiger partial charge in [0.1, 0.15) is 5.76 Å². The fourth-order valence-corrected chi connectivity index (χ4v) is 3.04. The first-order chi connectivity index (χ1) is 10.6. The van der Waals surface area contributed by atoms with Crippen molar-refractivity contribution in [2.45, 2.75) is 32.4 Å². The normalized spacial score (nSPS) is 16.9. The quantitative estimate of drug-likeness (QED) is 0.829. The van der Waals surface area contributed by atoms with Gasteiger partial charge in [-0.2, -0.15) is 0 Å². The maximum absolute atomic E-state index is 5.13. The Hall–Kier alpha value is -1.47. The lowest BCUT2D eigenvalue weighted by Crippen LogP contribution is -2.43. The van der Waals surface area contributed by atoms with Crippen molar-refractivity contribution in [3.63, 3.8) is 0 Å². The second kappa shape index (κ2) is 6.75. The van der Waals surface area contributed by atoms with Crippen molar-refractivity contribution in [3.8, 4) is 0 Å². The zero-order valence-electron chi connectivity index (χ0n) is 12.9. The average molecular weight is 366 g/mol. The number of hydrogen-bond donors (Lipinski definition) is 0. The van der Waals surface area contributed by atoms with E-state index in [1.807, 2.05) is 13.0 Å². The molecule has 22 heavy (non-hydrogen) atoms. The average Bonchev–Trinajstić information content (AvgIpc) is 2.93. The predicted molar refractivity (Wildman–Crippen MR) is 87.7 cm³/mol. The molecule has 0 unspecified atom stereocenters. The molecule has 118 valence electrons. The second-order valence-electron chi connectivity index (χ2n) is 5.75. The van der Waals surface area contributed by atoms with Gasteiger partial charge in [0, 0.05) is 51.2 Å². The zero-order valence-corrected chi connectivity index (χ0v) is 14.5. The first-order valence-electron chi connectivity index (χ1n) is 7.47. The summed E-state index contributed by atoms with van der Waals surface area (Å²) in [6.07, 6.45) is 5.79. The summed E-state index contributed by atoms with van der Waals surface area (Å²) < 4.78 is 6.03. The standard InChI is InChI=1S/C15H20BrN5O/c1-11-7-13(19-22-11)10-21-5-3-14(4-6-21)20(2)15-17-8-12(16)9-18-15/h7-9,14H,3-6,10H2,1-2H3. The lowest BCUT2D eigenvalue weighted by atomic mass is 10.0. The van der Waals surface area contributed by atoms with Crippen molar-refractivity contribution in [2.24, 2.45) is 0 Å². The van der Waals surface area contributed by atoms with E-state index in [2.05, 4.69) is 47.9 Å². The number of rotatable bonds is 4. The fraction of sp³-hybridized carbons (Fsp3) is 0.533. The van der Waals surface area contributed by atoms with E-state index >= 15 is 0 Å². The van der Waals surface area contributed by atoms with Gasteiger partial charge < -0.3 is 9.42 Å². The van der Waals surface area contributed by atoms with Crippen LogP contribution in [0, 0.1) is 6.92 Å². The third kappa shape index (κ3) is 3.64. The van der Waals surface area contributed by atoms with E-state index in [9.17, 15) is 0 Å². The van der Waals surface area contributed by atoms with E-state index in [4.69, 9.17) is 4.52 Å². The minimum absolute atomic E-state index is 0.483. The first-order valence-corrected chi connectivity index (χ1v) is 8.26. The van der Waals surface area contributed by atoms with Crippen molar-refractivity contribution in [2.75, 3.05) is 25.0 Å². The van der Waals surface area contributed by atoms with Crippen LogP contribution in [-0.2, 0) is 6.54 Å². The monoisotopic (exact) mass is 365 g/mol. The molecule has 7 heteroatoms. The number of aromatic nitrogens is 3. The Balaban J connectivity index is 1.53. The van der Waals surface area contributed by atoms with E-state index in [1.54, 1.807) is 12.4 Å². The third-order valence-electron chi connectivity index (χ3n) is 4.09. The lowest BCUT2D eigenvalue weighted by Gasteiger charge is -2.36. The van der Waals surface area contributed by atoms with Gasteiger partial charge in [-0.05, 0) is 35.7 Å². The molecule has 3 heterocycles. The van der Waals surface area contributed by atoms with Crippen molar-refractivity contribution in [1.29, 1.82) is 0 Å². The van der Waals surface area contributed by atoms with Crippen LogP contribution in [0.5, 0.6) is 0 Å². The van der Waals surface area contributed by atoms with Crippen LogP contribution in [-0.4, -0.2) is 46.2 Å². The highest BCUT2D eigenvalue weighted by Gasteiger charge is 2.24. The molecule has 0 N–H and O–H groups in total. The number of aryl methyl sites for hydroxylation is 1. The van der Waals surface area contributed by atoms with Crippen LogP contribution < -0.4 is 4.90 Å². The van der Waals surface area contributed by atoms with Crippen LogP contribution in [0.4, 0.5) is 5.95 Å². The molecule has 0 aliphatic carbocycles. The molecule has 6 nitrogen and oxygen atoms in total. The van der Waals surface area contributed by atoms with Crippen LogP contribution in [0.25, 0.3) is 0 Å². The van der Waals surface area contributed by atoms with E-state index < -0.39 is 0 Å². The van der Waals surface area contributed by atoms with Crippen molar-refractivity contribution >= 4 is 21.9 Å². The maximum atomic E-state index is 5.13. The van der Waals surface area contributed by atoms with Crippen molar-refractivity contribution in [1.82, 2.24) is 20.0 Å². The van der Waals surface area contributed by atoms with Gasteiger partial charge in [0.15, 0.2) is 0 Å². The largest absolute Gasteiger partial charge is 0.361 e. The molecule has 0 amide bonds. The molecule has 0 radical (unpaired) electrons. The fourth-order valence-electron chi connectivity index (χ4n) is 2.84. The highest BCUT2D eigenvalue weighted by atomic mass is 79.9. The van der Waals surface area contributed by atoms with Crippen molar-refractivity contribution < 1.29 is 4.52 Å². The lowest BCUT2D eigenvalue weighted by molar-refractivity contribution is 0.198. The summed E-state index contributed by atoms with van der Waals surface area (Å²) in [6, 6.07) is 2.49. The molecular weight excluding hydrogens is 346 g/mol. The SMILES string of the molecule is Cc1cc(CN2CCC(N(C)c3ncc(Br)cn3)CC2)no1. The Labute approximate surface area is 138 Å². The van der Waals surface area contributed by atoms with Gasteiger partial charge in [-0.1, -0.05) is 5.16 Å². The molecular formula is C15H20BrN5O. The van der Waals surface area contributed by atoms with Crippen LogP contribution in [0.15, 0.2) is 27.5 Å². The minimum atomic E-state index is 0.483. The van der Waals surface area contributed by atoms with Gasteiger partial charge in [0.25, 0.3) is 0 Å². The van der Waals surface area contributed by atoms with E-state index in [0.717, 1.165) is 54.4 Å². The molecule has 0 atom stereocenters. The van der Waals surface area contributed by atoms with Gasteiger partial charge in [-0.3, -0.25) is 4.90 Å². The maximum Gasteiger partial charge on any atom is 0.225 e. The summed E-state index contributed by atoms with van der Waals surface area (Å²) in [5, 5.41) is 4.07. The van der Waals surface area contributed by atoms with Gasteiger partial charge in [-0.25, -0.2) is 9.97 Å². The Morgan fingerprint density at radius 2 is 2.00 bits per heavy atom. The first kappa shape index (κ1) is 15.4. The highest BCUT2D eigenvalue weighted by Crippen LogP contribution is 2.21. The molecule has 1 fully saturated rings.